The van der Waals surface area contributed by atoms with Crippen molar-refractivity contribution in [1.29, 1.82) is 10.5 Å². The van der Waals surface area contributed by atoms with Crippen LogP contribution in [-0.2, 0) is 0 Å². The molecule has 0 spiro atoms. The van der Waals surface area contributed by atoms with Gasteiger partial charge in [-0.25, -0.2) is 0 Å². The molecule has 3 aromatic rings. The molecule has 0 fully saturated rings. The Morgan fingerprint density at radius 3 is 1.65 bits per heavy atom. The van der Waals surface area contributed by atoms with E-state index in [0.717, 1.165) is 16.7 Å². The Hall–Kier alpha value is -3.19. The number of rotatable bonds is 1. The van der Waals surface area contributed by atoms with Crippen molar-refractivity contribution < 1.29 is 0 Å². The molecule has 1 aliphatic heterocycles. The van der Waals surface area contributed by atoms with Crippen LogP contribution in [0, 0.1) is 22.7 Å². The predicted molar refractivity (Wildman–Crippen MR) is 108 cm³/mol. The van der Waals surface area contributed by atoms with Crippen LogP contribution in [0.15, 0.2) is 84.4 Å². The minimum Gasteiger partial charge on any atom is -0.192 e. The maximum Gasteiger partial charge on any atom is 0.138 e. The monoisotopic (exact) mass is 351 g/mol. The zero-order chi connectivity index (χ0) is 18.1. The normalized spacial score (nSPS) is 17.4. The summed E-state index contributed by atoms with van der Waals surface area (Å²) in [7, 11) is -1.85. The molecule has 1 heterocycles. The van der Waals surface area contributed by atoms with Gasteiger partial charge in [0.25, 0.3) is 0 Å². The first-order valence-electron chi connectivity index (χ1n) is 8.38. The van der Waals surface area contributed by atoms with E-state index in [1.54, 1.807) is 0 Å². The Bertz CT molecular complexity index is 1050. The van der Waals surface area contributed by atoms with Gasteiger partial charge in [-0.05, 0) is 24.3 Å². The highest BCUT2D eigenvalue weighted by Crippen LogP contribution is 2.57. The van der Waals surface area contributed by atoms with Gasteiger partial charge in [0.05, 0.1) is 6.66 Å². The average Bonchev–Trinajstić information content (AvgIpc) is 2.72. The Labute approximate surface area is 154 Å². The lowest BCUT2D eigenvalue weighted by atomic mass is 9.93. The number of hydrogen-bond donors (Lipinski definition) is 0. The van der Waals surface area contributed by atoms with Gasteiger partial charge in [0.2, 0.25) is 0 Å². The van der Waals surface area contributed by atoms with Crippen molar-refractivity contribution in [2.75, 3.05) is 6.66 Å². The first kappa shape index (κ1) is 16.3. The molecule has 3 aromatic carbocycles. The minimum atomic E-state index is -1.85. The number of nitriles is 2. The quantitative estimate of drug-likeness (QED) is 0.495. The fourth-order valence-electron chi connectivity index (χ4n) is 3.84. The van der Waals surface area contributed by atoms with Crippen molar-refractivity contribution in [3.8, 4) is 12.1 Å². The molecule has 0 aromatic heterocycles. The average molecular weight is 351 g/mol. The van der Waals surface area contributed by atoms with Gasteiger partial charge >= 0.3 is 0 Å². The maximum absolute atomic E-state index is 9.56. The molecule has 4 rings (SSSR count). The fourth-order valence-corrected chi connectivity index (χ4v) is 7.52. The smallest absolute Gasteiger partial charge is 0.138 e. The van der Waals surface area contributed by atoms with Crippen molar-refractivity contribution in [3.63, 3.8) is 0 Å². The van der Waals surface area contributed by atoms with Gasteiger partial charge in [0.1, 0.15) is 40.9 Å². The Morgan fingerprint density at radius 2 is 1.15 bits per heavy atom. The molecule has 0 atom stereocenters. The van der Waals surface area contributed by atoms with Crippen LogP contribution in [0.3, 0.4) is 0 Å². The molecule has 3 heteroatoms. The molecule has 0 bridgehead atoms. The predicted octanol–water partition coefficient (Wildman–Crippen LogP) is 3.77. The standard InChI is InChI=1S/C23H16N2P/c1-26(18-9-3-2-4-10-18)21-13-7-5-11-19(21)23(17(15-24)16-25)20-12-6-8-14-22(20)26/h2-14H,1H3/q+1. The summed E-state index contributed by atoms with van der Waals surface area (Å²) in [6.45, 7) is 2.33. The second kappa shape index (κ2) is 6.27. The first-order chi connectivity index (χ1) is 12.7. The van der Waals surface area contributed by atoms with Gasteiger partial charge in [0.15, 0.2) is 0 Å². The van der Waals surface area contributed by atoms with Gasteiger partial charge in [-0.2, -0.15) is 10.5 Å². The molecule has 0 radical (unpaired) electrons. The number of benzene rings is 3. The van der Waals surface area contributed by atoms with E-state index in [9.17, 15) is 10.5 Å². The molecule has 0 amide bonds. The van der Waals surface area contributed by atoms with Gasteiger partial charge < -0.3 is 0 Å². The topological polar surface area (TPSA) is 47.6 Å². The lowest BCUT2D eigenvalue weighted by molar-refractivity contribution is 1.45. The van der Waals surface area contributed by atoms with E-state index >= 15 is 0 Å². The second-order valence-electron chi connectivity index (χ2n) is 6.35. The summed E-state index contributed by atoms with van der Waals surface area (Å²) in [6, 6.07) is 31.2. The van der Waals surface area contributed by atoms with E-state index in [4.69, 9.17) is 0 Å². The van der Waals surface area contributed by atoms with E-state index in [2.05, 4.69) is 55.2 Å². The zero-order valence-corrected chi connectivity index (χ0v) is 15.2. The molecular weight excluding hydrogens is 335 g/mol. The molecule has 1 aliphatic rings. The van der Waals surface area contributed by atoms with Crippen LogP contribution >= 0.6 is 7.26 Å². The number of fused-ring (bicyclic) bond motifs is 2. The highest BCUT2D eigenvalue weighted by atomic mass is 31.2. The number of allylic oxidation sites excluding steroid dienone is 1. The lowest BCUT2D eigenvalue weighted by Gasteiger charge is -2.32. The second-order valence-corrected chi connectivity index (χ2v) is 9.84. The summed E-state index contributed by atoms with van der Waals surface area (Å²) < 4.78 is 0. The van der Waals surface area contributed by atoms with Crippen LogP contribution < -0.4 is 15.9 Å². The molecule has 0 N–H and O–H groups in total. The third-order valence-corrected chi connectivity index (χ3v) is 9.09. The third kappa shape index (κ3) is 2.21. The lowest BCUT2D eigenvalue weighted by Crippen LogP contribution is -2.37. The number of hydrogen-bond acceptors (Lipinski definition) is 2. The maximum atomic E-state index is 9.56. The van der Waals surface area contributed by atoms with Gasteiger partial charge in [-0.1, -0.05) is 54.6 Å². The van der Waals surface area contributed by atoms with Crippen molar-refractivity contribution >= 4 is 28.7 Å². The van der Waals surface area contributed by atoms with Gasteiger partial charge in [-0.3, -0.25) is 0 Å². The molecule has 26 heavy (non-hydrogen) atoms. The SMILES string of the molecule is C[P+]1(c2ccccc2)c2ccccc2C(=C(C#N)C#N)c2ccccc21. The minimum absolute atomic E-state index is 0.171. The van der Waals surface area contributed by atoms with Crippen LogP contribution in [-0.4, -0.2) is 6.66 Å². The van der Waals surface area contributed by atoms with Crippen molar-refractivity contribution in [2.24, 2.45) is 0 Å². The van der Waals surface area contributed by atoms with Crippen LogP contribution in [0.25, 0.3) is 5.57 Å². The largest absolute Gasteiger partial charge is 0.192 e. The summed E-state index contributed by atoms with van der Waals surface area (Å²) in [5.74, 6) is 0. The summed E-state index contributed by atoms with van der Waals surface area (Å²) >= 11 is 0. The molecule has 122 valence electrons. The highest BCUT2D eigenvalue weighted by molar-refractivity contribution is 7.95. The van der Waals surface area contributed by atoms with Gasteiger partial charge in [0, 0.05) is 16.7 Å². The summed E-state index contributed by atoms with van der Waals surface area (Å²) in [4.78, 5) is 0. The molecule has 0 aliphatic carbocycles. The van der Waals surface area contributed by atoms with Gasteiger partial charge in [-0.15, -0.1) is 0 Å². The van der Waals surface area contributed by atoms with E-state index in [-0.39, 0.29) is 5.57 Å². The summed E-state index contributed by atoms with van der Waals surface area (Å²) in [5.41, 5.74) is 2.94. The van der Waals surface area contributed by atoms with Crippen molar-refractivity contribution in [3.05, 3.63) is 95.6 Å². The molecule has 0 saturated carbocycles. The number of nitrogens with zero attached hydrogens (tertiary/aromatic N) is 2. The summed E-state index contributed by atoms with van der Waals surface area (Å²) in [6.07, 6.45) is 0. The van der Waals surface area contributed by atoms with Crippen molar-refractivity contribution in [1.82, 2.24) is 0 Å². The van der Waals surface area contributed by atoms with E-state index in [1.807, 2.05) is 42.5 Å². The van der Waals surface area contributed by atoms with E-state index < -0.39 is 7.26 Å². The third-order valence-electron chi connectivity index (χ3n) is 5.06. The van der Waals surface area contributed by atoms with Crippen LogP contribution in [0.1, 0.15) is 11.1 Å². The molecule has 2 nitrogen and oxygen atoms in total. The van der Waals surface area contributed by atoms with E-state index in [0.29, 0.717) is 0 Å². The van der Waals surface area contributed by atoms with Crippen LogP contribution in [0.5, 0.6) is 0 Å². The fraction of sp³-hybridized carbons (Fsp3) is 0.0435. The molecular formula is C23H16N2P+. The van der Waals surface area contributed by atoms with Crippen molar-refractivity contribution in [2.45, 2.75) is 0 Å². The zero-order valence-electron chi connectivity index (χ0n) is 14.3. The molecule has 0 unspecified atom stereocenters. The van der Waals surface area contributed by atoms with E-state index in [1.165, 1.54) is 15.9 Å². The Balaban J connectivity index is 2.18. The Morgan fingerprint density at radius 1 is 0.692 bits per heavy atom. The van der Waals surface area contributed by atoms with Crippen LogP contribution in [0.4, 0.5) is 0 Å². The Kier molecular flexibility index (Phi) is 3.93. The molecule has 0 saturated heterocycles. The highest BCUT2D eigenvalue weighted by Gasteiger charge is 2.48. The summed E-state index contributed by atoms with van der Waals surface area (Å²) in [5, 5.41) is 22.9. The van der Waals surface area contributed by atoms with Crippen LogP contribution in [0.2, 0.25) is 0 Å². The first-order valence-corrected chi connectivity index (χ1v) is 10.6.